The highest BCUT2D eigenvalue weighted by atomic mass is 19.1. The third-order valence-corrected chi connectivity index (χ3v) is 4.45. The maximum absolute atomic E-state index is 13.3. The lowest BCUT2D eigenvalue weighted by atomic mass is 10.1. The fourth-order valence-electron chi connectivity index (χ4n) is 3.05. The van der Waals surface area contributed by atoms with Crippen molar-refractivity contribution < 1.29 is 23.1 Å². The number of methoxy groups -OCH3 is 1. The van der Waals surface area contributed by atoms with Gasteiger partial charge < -0.3 is 14.1 Å². The normalized spacial score (nSPS) is 15.1. The molecule has 1 aliphatic rings. The fraction of sp³-hybridized carbons (Fsp3) is 0.368. The summed E-state index contributed by atoms with van der Waals surface area (Å²) in [6.07, 6.45) is 0. The minimum Gasteiger partial charge on any atom is -0.463 e. The van der Waals surface area contributed by atoms with Gasteiger partial charge in [-0.1, -0.05) is 6.07 Å². The van der Waals surface area contributed by atoms with Crippen molar-refractivity contribution in [3.63, 3.8) is 0 Å². The lowest BCUT2D eigenvalue weighted by Crippen LogP contribution is -2.48. The molecule has 2 aromatic rings. The number of furan rings is 1. The second-order valence-corrected chi connectivity index (χ2v) is 6.30. The molecule has 0 spiro atoms. The Morgan fingerprint density at radius 3 is 2.58 bits per heavy atom. The zero-order valence-corrected chi connectivity index (χ0v) is 14.8. The summed E-state index contributed by atoms with van der Waals surface area (Å²) >= 11 is 0. The number of aryl methyl sites for hydroxylation is 1. The molecule has 2 heterocycles. The summed E-state index contributed by atoms with van der Waals surface area (Å²) in [5.41, 5.74) is 1.11. The van der Waals surface area contributed by atoms with Gasteiger partial charge in [0.05, 0.1) is 13.7 Å². The van der Waals surface area contributed by atoms with Crippen LogP contribution in [0.5, 0.6) is 0 Å². The average molecular weight is 360 g/mol. The number of benzene rings is 1. The van der Waals surface area contributed by atoms with Crippen LogP contribution in [-0.4, -0.2) is 55.0 Å². The molecule has 3 rings (SSSR count). The second kappa shape index (κ2) is 7.70. The van der Waals surface area contributed by atoms with E-state index < -0.39 is 11.8 Å². The molecule has 0 atom stereocenters. The maximum Gasteiger partial charge on any atom is 0.374 e. The number of ether oxygens (including phenoxy) is 1. The van der Waals surface area contributed by atoms with Crippen LogP contribution in [-0.2, 0) is 11.3 Å². The van der Waals surface area contributed by atoms with E-state index in [-0.39, 0.29) is 11.7 Å². The number of nitrogens with zero attached hydrogens (tertiary/aromatic N) is 2. The first-order valence-electron chi connectivity index (χ1n) is 8.42. The predicted octanol–water partition coefficient (Wildman–Crippen LogP) is 2.47. The average Bonchev–Trinajstić information content (AvgIpc) is 3.01. The molecule has 0 bridgehead atoms. The van der Waals surface area contributed by atoms with E-state index in [4.69, 9.17) is 9.15 Å². The van der Waals surface area contributed by atoms with Crippen LogP contribution < -0.4 is 0 Å². The molecule has 26 heavy (non-hydrogen) atoms. The standard InChI is InChI=1S/C19H21FN2O4/c1-13-10-16(26-17(13)19(24)25-2)12-21-6-8-22(9-7-21)18(23)14-4-3-5-15(20)11-14/h3-5,10-11H,6-9,12H2,1-2H3. The van der Waals surface area contributed by atoms with Gasteiger partial charge in [0.15, 0.2) is 0 Å². The lowest BCUT2D eigenvalue weighted by Gasteiger charge is -2.34. The molecule has 1 aliphatic heterocycles. The van der Waals surface area contributed by atoms with Crippen LogP contribution in [0.3, 0.4) is 0 Å². The number of esters is 1. The molecule has 0 N–H and O–H groups in total. The van der Waals surface area contributed by atoms with Crippen LogP contribution in [0.15, 0.2) is 34.7 Å². The Labute approximate surface area is 151 Å². The lowest BCUT2D eigenvalue weighted by molar-refractivity contribution is 0.0548. The van der Waals surface area contributed by atoms with Gasteiger partial charge in [0.25, 0.3) is 5.91 Å². The van der Waals surface area contributed by atoms with Crippen LogP contribution >= 0.6 is 0 Å². The van der Waals surface area contributed by atoms with Gasteiger partial charge in [-0.2, -0.15) is 0 Å². The molecular formula is C19H21FN2O4. The van der Waals surface area contributed by atoms with E-state index in [0.29, 0.717) is 44.0 Å². The molecule has 1 aromatic heterocycles. The van der Waals surface area contributed by atoms with Crippen LogP contribution in [0.1, 0.15) is 32.2 Å². The first kappa shape index (κ1) is 18.1. The van der Waals surface area contributed by atoms with E-state index in [2.05, 4.69) is 4.90 Å². The Bertz CT molecular complexity index is 810. The fourth-order valence-corrected chi connectivity index (χ4v) is 3.05. The topological polar surface area (TPSA) is 63.0 Å². The predicted molar refractivity (Wildman–Crippen MR) is 92.4 cm³/mol. The molecule has 0 unspecified atom stereocenters. The molecule has 138 valence electrons. The van der Waals surface area contributed by atoms with Crippen molar-refractivity contribution in [1.82, 2.24) is 9.80 Å². The van der Waals surface area contributed by atoms with Crippen LogP contribution in [0.4, 0.5) is 4.39 Å². The second-order valence-electron chi connectivity index (χ2n) is 6.30. The Balaban J connectivity index is 1.57. The van der Waals surface area contributed by atoms with Crippen molar-refractivity contribution in [2.75, 3.05) is 33.3 Å². The summed E-state index contributed by atoms with van der Waals surface area (Å²) < 4.78 is 23.6. The maximum atomic E-state index is 13.3. The number of carbonyl (C=O) groups is 2. The van der Waals surface area contributed by atoms with Gasteiger partial charge in [0, 0.05) is 37.3 Å². The summed E-state index contributed by atoms with van der Waals surface area (Å²) in [5.74, 6) is -0.149. The van der Waals surface area contributed by atoms with Gasteiger partial charge in [0.2, 0.25) is 5.76 Å². The molecule has 0 saturated carbocycles. The summed E-state index contributed by atoms with van der Waals surface area (Å²) in [6, 6.07) is 7.57. The first-order chi connectivity index (χ1) is 12.5. The zero-order chi connectivity index (χ0) is 18.7. The third-order valence-electron chi connectivity index (χ3n) is 4.45. The third kappa shape index (κ3) is 3.94. The zero-order valence-electron chi connectivity index (χ0n) is 14.8. The number of piperazine rings is 1. The summed E-state index contributed by atoms with van der Waals surface area (Å²) in [5, 5.41) is 0. The summed E-state index contributed by atoms with van der Waals surface area (Å²) in [7, 11) is 1.32. The van der Waals surface area contributed by atoms with Gasteiger partial charge in [-0.25, -0.2) is 9.18 Å². The van der Waals surface area contributed by atoms with Crippen molar-refractivity contribution in [2.24, 2.45) is 0 Å². The van der Waals surface area contributed by atoms with E-state index >= 15 is 0 Å². The number of amides is 1. The Morgan fingerprint density at radius 1 is 1.19 bits per heavy atom. The van der Waals surface area contributed by atoms with E-state index in [1.807, 2.05) is 6.07 Å². The van der Waals surface area contributed by atoms with Gasteiger partial charge >= 0.3 is 5.97 Å². The SMILES string of the molecule is COC(=O)c1oc(CN2CCN(C(=O)c3cccc(F)c3)CC2)cc1C. The highest BCUT2D eigenvalue weighted by Gasteiger charge is 2.24. The molecule has 6 nitrogen and oxygen atoms in total. The number of carbonyl (C=O) groups excluding carboxylic acids is 2. The van der Waals surface area contributed by atoms with E-state index in [9.17, 15) is 14.0 Å². The first-order valence-corrected chi connectivity index (χ1v) is 8.42. The molecule has 1 amide bonds. The van der Waals surface area contributed by atoms with Gasteiger partial charge in [0.1, 0.15) is 11.6 Å². The Morgan fingerprint density at radius 2 is 1.92 bits per heavy atom. The largest absolute Gasteiger partial charge is 0.463 e. The van der Waals surface area contributed by atoms with Crippen molar-refractivity contribution in [1.29, 1.82) is 0 Å². The molecular weight excluding hydrogens is 339 g/mol. The minimum absolute atomic E-state index is 0.161. The van der Waals surface area contributed by atoms with E-state index in [1.165, 1.54) is 25.3 Å². The number of rotatable bonds is 4. The molecule has 1 saturated heterocycles. The number of hydrogen-bond acceptors (Lipinski definition) is 5. The van der Waals surface area contributed by atoms with E-state index in [0.717, 1.165) is 5.56 Å². The highest BCUT2D eigenvalue weighted by Crippen LogP contribution is 2.18. The monoisotopic (exact) mass is 360 g/mol. The Hall–Kier alpha value is -2.67. The summed E-state index contributed by atoms with van der Waals surface area (Å²) in [4.78, 5) is 27.9. The van der Waals surface area contributed by atoms with Crippen LogP contribution in [0.25, 0.3) is 0 Å². The molecule has 7 heteroatoms. The Kier molecular flexibility index (Phi) is 5.37. The molecule has 1 fully saturated rings. The van der Waals surface area contributed by atoms with Crippen LogP contribution in [0, 0.1) is 12.7 Å². The molecule has 0 aliphatic carbocycles. The smallest absolute Gasteiger partial charge is 0.374 e. The highest BCUT2D eigenvalue weighted by molar-refractivity contribution is 5.94. The van der Waals surface area contributed by atoms with Crippen molar-refractivity contribution in [2.45, 2.75) is 13.5 Å². The van der Waals surface area contributed by atoms with Crippen molar-refractivity contribution >= 4 is 11.9 Å². The van der Waals surface area contributed by atoms with Gasteiger partial charge in [-0.15, -0.1) is 0 Å². The van der Waals surface area contributed by atoms with Gasteiger partial charge in [-0.05, 0) is 31.2 Å². The molecule has 1 aromatic carbocycles. The van der Waals surface area contributed by atoms with Crippen molar-refractivity contribution in [3.8, 4) is 0 Å². The quantitative estimate of drug-likeness (QED) is 0.784. The summed E-state index contributed by atoms with van der Waals surface area (Å²) in [6.45, 7) is 4.81. The molecule has 0 radical (unpaired) electrons. The minimum atomic E-state index is -0.487. The number of halogens is 1. The van der Waals surface area contributed by atoms with Crippen molar-refractivity contribution in [3.05, 3.63) is 58.8 Å². The van der Waals surface area contributed by atoms with E-state index in [1.54, 1.807) is 17.9 Å². The number of hydrogen-bond donors (Lipinski definition) is 0. The van der Waals surface area contributed by atoms with Gasteiger partial charge in [-0.3, -0.25) is 9.69 Å². The van der Waals surface area contributed by atoms with Crippen LogP contribution in [0.2, 0.25) is 0 Å².